The molecule has 100 valence electrons. The molecule has 0 saturated carbocycles. The van der Waals surface area contributed by atoms with Crippen molar-refractivity contribution in [3.63, 3.8) is 0 Å². The van der Waals surface area contributed by atoms with Gasteiger partial charge in [-0.25, -0.2) is 4.98 Å². The van der Waals surface area contributed by atoms with E-state index in [9.17, 15) is 10.1 Å². The highest BCUT2D eigenvalue weighted by atomic mass is 16.6. The molecule has 0 bridgehead atoms. The second kappa shape index (κ2) is 5.24. The molecule has 0 fully saturated rings. The van der Waals surface area contributed by atoms with Crippen LogP contribution in [0.15, 0.2) is 30.3 Å². The number of ether oxygens (including phenoxy) is 1. The fourth-order valence-corrected chi connectivity index (χ4v) is 1.53. The van der Waals surface area contributed by atoms with E-state index in [0.717, 1.165) is 6.07 Å². The quantitative estimate of drug-likeness (QED) is 0.676. The number of nitrogens with two attached hydrogens (primary N) is 1. The van der Waals surface area contributed by atoms with Gasteiger partial charge in [0, 0.05) is 12.1 Å². The van der Waals surface area contributed by atoms with E-state index in [1.165, 1.54) is 18.2 Å². The van der Waals surface area contributed by atoms with Crippen molar-refractivity contribution in [2.75, 3.05) is 5.73 Å². The topological polar surface area (TPSA) is 115 Å². The molecule has 0 amide bonds. The first-order chi connectivity index (χ1) is 9.51. The van der Waals surface area contributed by atoms with E-state index in [4.69, 9.17) is 15.7 Å². The number of nitriles is 1. The lowest BCUT2D eigenvalue weighted by molar-refractivity contribution is -0.385. The van der Waals surface area contributed by atoms with Crippen molar-refractivity contribution in [3.05, 3.63) is 51.7 Å². The van der Waals surface area contributed by atoms with Crippen molar-refractivity contribution in [1.82, 2.24) is 4.98 Å². The zero-order valence-corrected chi connectivity index (χ0v) is 10.5. The van der Waals surface area contributed by atoms with Gasteiger partial charge in [-0.2, -0.15) is 5.26 Å². The summed E-state index contributed by atoms with van der Waals surface area (Å²) in [6, 6.07) is 8.91. The van der Waals surface area contributed by atoms with Crippen LogP contribution in [0.5, 0.6) is 11.6 Å². The summed E-state index contributed by atoms with van der Waals surface area (Å²) in [7, 11) is 0. The van der Waals surface area contributed by atoms with E-state index in [-0.39, 0.29) is 22.9 Å². The predicted molar refractivity (Wildman–Crippen MR) is 71.3 cm³/mol. The third kappa shape index (κ3) is 2.64. The van der Waals surface area contributed by atoms with E-state index in [2.05, 4.69) is 4.98 Å². The maximum Gasteiger partial charge on any atom is 0.312 e. The second-order valence-electron chi connectivity index (χ2n) is 3.98. The molecule has 0 atom stereocenters. The summed E-state index contributed by atoms with van der Waals surface area (Å²) < 4.78 is 5.39. The molecule has 2 N–H and O–H groups in total. The molecule has 0 aliphatic rings. The summed E-state index contributed by atoms with van der Waals surface area (Å²) in [6.45, 7) is 1.70. The number of anilines is 1. The number of hydrogen-bond acceptors (Lipinski definition) is 6. The minimum Gasteiger partial charge on any atom is -0.432 e. The molecule has 1 aromatic heterocycles. The van der Waals surface area contributed by atoms with Gasteiger partial charge in [-0.15, -0.1) is 0 Å². The zero-order chi connectivity index (χ0) is 14.7. The van der Waals surface area contributed by atoms with Gasteiger partial charge in [0.25, 0.3) is 0 Å². The van der Waals surface area contributed by atoms with E-state index in [1.807, 2.05) is 6.07 Å². The van der Waals surface area contributed by atoms with Gasteiger partial charge in [0.15, 0.2) is 0 Å². The average molecular weight is 270 g/mol. The normalized spacial score (nSPS) is 9.80. The smallest absolute Gasteiger partial charge is 0.312 e. The summed E-state index contributed by atoms with van der Waals surface area (Å²) in [6.07, 6.45) is 0. The second-order valence-corrected chi connectivity index (χ2v) is 3.98. The fraction of sp³-hybridized carbons (Fsp3) is 0.0769. The number of pyridine rings is 1. The molecule has 7 nitrogen and oxygen atoms in total. The van der Waals surface area contributed by atoms with Crippen LogP contribution in [0.25, 0.3) is 0 Å². The number of rotatable bonds is 3. The Morgan fingerprint density at radius 2 is 2.15 bits per heavy atom. The molecule has 2 aromatic rings. The number of aryl methyl sites for hydroxylation is 1. The number of hydrogen-bond donors (Lipinski definition) is 1. The standard InChI is InChI=1S/C13H10N4O3/c1-8-10(15)3-5-13(16-8)20-12-4-2-9(7-14)6-11(12)17(18)19/h2-6H,15H2,1H3. The van der Waals surface area contributed by atoms with Gasteiger partial charge >= 0.3 is 5.69 Å². The Balaban J connectivity index is 2.40. The molecule has 0 aliphatic heterocycles. The first-order valence-corrected chi connectivity index (χ1v) is 5.61. The highest BCUT2D eigenvalue weighted by Crippen LogP contribution is 2.31. The molecule has 0 radical (unpaired) electrons. The number of aromatic nitrogens is 1. The molecule has 0 saturated heterocycles. The summed E-state index contributed by atoms with van der Waals surface area (Å²) in [4.78, 5) is 14.4. The zero-order valence-electron chi connectivity index (χ0n) is 10.5. The van der Waals surface area contributed by atoms with Gasteiger partial charge in [-0.1, -0.05) is 0 Å². The van der Waals surface area contributed by atoms with Crippen LogP contribution in [0.4, 0.5) is 11.4 Å². The van der Waals surface area contributed by atoms with Crippen molar-refractivity contribution in [2.45, 2.75) is 6.92 Å². The maximum absolute atomic E-state index is 11.0. The molecule has 0 aliphatic carbocycles. The van der Waals surface area contributed by atoms with Crippen molar-refractivity contribution in [2.24, 2.45) is 0 Å². The van der Waals surface area contributed by atoms with E-state index in [1.54, 1.807) is 13.0 Å². The van der Waals surface area contributed by atoms with Gasteiger partial charge in [-0.3, -0.25) is 10.1 Å². The molecule has 7 heteroatoms. The van der Waals surface area contributed by atoms with E-state index in [0.29, 0.717) is 11.4 Å². The van der Waals surface area contributed by atoms with Crippen LogP contribution in [0, 0.1) is 28.4 Å². The number of benzene rings is 1. The van der Waals surface area contributed by atoms with Crippen molar-refractivity contribution >= 4 is 11.4 Å². The molecule has 2 rings (SSSR count). The van der Waals surface area contributed by atoms with Gasteiger partial charge in [0.1, 0.15) is 0 Å². The minimum absolute atomic E-state index is 0.0191. The van der Waals surface area contributed by atoms with Crippen LogP contribution in [0.1, 0.15) is 11.3 Å². The Labute approximate surface area is 114 Å². The van der Waals surface area contributed by atoms with Gasteiger partial charge < -0.3 is 10.5 Å². The third-order valence-corrected chi connectivity index (χ3v) is 2.60. The highest BCUT2D eigenvalue weighted by Gasteiger charge is 2.17. The van der Waals surface area contributed by atoms with Crippen molar-refractivity contribution in [3.8, 4) is 17.7 Å². The molecule has 20 heavy (non-hydrogen) atoms. The predicted octanol–water partition coefficient (Wildman–Crippen LogP) is 2.54. The molecule has 0 unspecified atom stereocenters. The fourth-order valence-electron chi connectivity index (χ4n) is 1.53. The lowest BCUT2D eigenvalue weighted by atomic mass is 10.2. The molecule has 1 heterocycles. The van der Waals surface area contributed by atoms with Crippen molar-refractivity contribution in [1.29, 1.82) is 5.26 Å². The molecular weight excluding hydrogens is 260 g/mol. The Morgan fingerprint density at radius 1 is 1.40 bits per heavy atom. The van der Waals surface area contributed by atoms with Crippen molar-refractivity contribution < 1.29 is 9.66 Å². The molecule has 0 spiro atoms. The Bertz CT molecular complexity index is 722. The van der Waals surface area contributed by atoms with E-state index >= 15 is 0 Å². The first-order valence-electron chi connectivity index (χ1n) is 5.61. The molecule has 1 aromatic carbocycles. The first kappa shape index (κ1) is 13.3. The largest absolute Gasteiger partial charge is 0.432 e. The van der Waals surface area contributed by atoms with Crippen LogP contribution in [0.3, 0.4) is 0 Å². The summed E-state index contributed by atoms with van der Waals surface area (Å²) >= 11 is 0. The lowest BCUT2D eigenvalue weighted by Crippen LogP contribution is -1.98. The Morgan fingerprint density at radius 3 is 2.75 bits per heavy atom. The maximum atomic E-state index is 11.0. The van der Waals surface area contributed by atoms with Crippen LogP contribution in [-0.2, 0) is 0 Å². The lowest BCUT2D eigenvalue weighted by Gasteiger charge is -2.07. The van der Waals surface area contributed by atoms with Gasteiger partial charge in [0.2, 0.25) is 11.6 Å². The summed E-state index contributed by atoms with van der Waals surface area (Å²) in [5.41, 5.74) is 6.60. The Hall–Kier alpha value is -3.14. The number of nitrogen functional groups attached to an aromatic ring is 1. The number of nitro groups is 1. The third-order valence-electron chi connectivity index (χ3n) is 2.60. The van der Waals surface area contributed by atoms with Gasteiger partial charge in [0.05, 0.1) is 27.9 Å². The monoisotopic (exact) mass is 270 g/mol. The van der Waals surface area contributed by atoms with Crippen LogP contribution >= 0.6 is 0 Å². The van der Waals surface area contributed by atoms with Crippen LogP contribution in [0.2, 0.25) is 0 Å². The molecular formula is C13H10N4O3. The van der Waals surface area contributed by atoms with Crippen LogP contribution in [-0.4, -0.2) is 9.91 Å². The van der Waals surface area contributed by atoms with Gasteiger partial charge in [-0.05, 0) is 25.1 Å². The highest BCUT2D eigenvalue weighted by molar-refractivity contribution is 5.53. The van der Waals surface area contributed by atoms with E-state index < -0.39 is 4.92 Å². The Kier molecular flexibility index (Phi) is 3.48. The minimum atomic E-state index is -0.611. The SMILES string of the molecule is Cc1nc(Oc2ccc(C#N)cc2[N+](=O)[O-])ccc1N. The average Bonchev–Trinajstić information content (AvgIpc) is 2.43. The number of nitrogens with zero attached hydrogens (tertiary/aromatic N) is 3. The van der Waals surface area contributed by atoms with Crippen LogP contribution < -0.4 is 10.5 Å². The number of nitro benzene ring substituents is 1. The summed E-state index contributed by atoms with van der Waals surface area (Å²) in [5, 5.41) is 19.7. The summed E-state index contributed by atoms with van der Waals surface area (Å²) in [5.74, 6) is 0.218.